The number of hydrogen-bond acceptors (Lipinski definition) is 7. The summed E-state index contributed by atoms with van der Waals surface area (Å²) < 4.78 is 0. The van der Waals surface area contributed by atoms with Gasteiger partial charge < -0.3 is 15.7 Å². The van der Waals surface area contributed by atoms with E-state index in [0.29, 0.717) is 19.5 Å². The first-order valence-electron chi connectivity index (χ1n) is 10.4. The molecule has 9 nitrogen and oxygen atoms in total. The second-order valence-corrected chi connectivity index (χ2v) is 8.26. The average molecular weight is 414 g/mol. The first kappa shape index (κ1) is 20.6. The summed E-state index contributed by atoms with van der Waals surface area (Å²) in [4.78, 5) is 50.1. The molecule has 1 aromatic carbocycles. The number of piperidine rings is 1. The Morgan fingerprint density at radius 1 is 1.10 bits per heavy atom. The minimum atomic E-state index is -0.963. The van der Waals surface area contributed by atoms with Crippen molar-refractivity contribution in [1.29, 1.82) is 0 Å². The molecule has 0 aromatic heterocycles. The summed E-state index contributed by atoms with van der Waals surface area (Å²) in [6.07, 6.45) is 2.56. The molecule has 0 aliphatic carbocycles. The third kappa shape index (κ3) is 4.00. The zero-order valence-corrected chi connectivity index (χ0v) is 16.7. The van der Waals surface area contributed by atoms with Gasteiger partial charge in [0.1, 0.15) is 6.04 Å². The highest BCUT2D eigenvalue weighted by Gasteiger charge is 2.44. The van der Waals surface area contributed by atoms with E-state index in [1.165, 1.54) is 0 Å². The van der Waals surface area contributed by atoms with Gasteiger partial charge in [-0.05, 0) is 56.5 Å². The molecule has 0 spiro atoms. The van der Waals surface area contributed by atoms with Crippen LogP contribution in [-0.4, -0.2) is 64.9 Å². The molecule has 4 amide bonds. The molecule has 3 aliphatic rings. The number of rotatable bonds is 5. The predicted molar refractivity (Wildman–Crippen MR) is 106 cm³/mol. The highest BCUT2D eigenvalue weighted by Crippen LogP contribution is 2.28. The molecule has 2 unspecified atom stereocenters. The van der Waals surface area contributed by atoms with Crippen LogP contribution in [0.2, 0.25) is 0 Å². The second kappa shape index (κ2) is 8.25. The van der Waals surface area contributed by atoms with Crippen molar-refractivity contribution in [2.45, 2.75) is 50.3 Å². The first-order valence-corrected chi connectivity index (χ1v) is 10.4. The lowest BCUT2D eigenvalue weighted by atomic mass is 9.95. The van der Waals surface area contributed by atoms with Crippen LogP contribution in [-0.2, 0) is 16.1 Å². The van der Waals surface area contributed by atoms with Crippen molar-refractivity contribution in [3.05, 3.63) is 34.9 Å². The summed E-state index contributed by atoms with van der Waals surface area (Å²) in [6, 6.07) is 4.06. The zero-order chi connectivity index (χ0) is 21.3. The van der Waals surface area contributed by atoms with E-state index in [0.717, 1.165) is 36.4 Å². The Balaban J connectivity index is 1.43. The lowest BCUT2D eigenvalue weighted by molar-refractivity contribution is -0.136. The molecule has 0 radical (unpaired) electrons. The number of nitrogens with one attached hydrogen (secondary N) is 3. The van der Waals surface area contributed by atoms with E-state index >= 15 is 0 Å². The highest BCUT2D eigenvalue weighted by atomic mass is 16.3. The molecular formula is C21H26N4O5. The fraction of sp³-hybridized carbons (Fsp3) is 0.524. The zero-order valence-electron chi connectivity index (χ0n) is 16.7. The third-order valence-corrected chi connectivity index (χ3v) is 6.05. The van der Waals surface area contributed by atoms with Crippen LogP contribution in [0.15, 0.2) is 18.2 Å². The number of aliphatic hydroxyl groups is 1. The molecular weight excluding hydrogens is 388 g/mol. The van der Waals surface area contributed by atoms with Crippen molar-refractivity contribution >= 4 is 23.6 Å². The smallest absolute Gasteiger partial charge is 0.262 e. The Labute approximate surface area is 174 Å². The Bertz CT molecular complexity index is 891. The molecule has 2 fully saturated rings. The number of amides is 4. The Kier molecular flexibility index (Phi) is 5.68. The van der Waals surface area contributed by atoms with Crippen molar-refractivity contribution in [2.24, 2.45) is 0 Å². The maximum Gasteiger partial charge on any atom is 0.262 e. The van der Waals surface area contributed by atoms with Crippen LogP contribution in [0.1, 0.15) is 58.4 Å². The SMILES string of the molecule is O=C1CCC(N2C(=O)c3ccc(CNCC4(O)CCCNCC4)cc3C2=O)C(=O)N1. The molecule has 0 bridgehead atoms. The van der Waals surface area contributed by atoms with E-state index in [1.807, 2.05) is 0 Å². The van der Waals surface area contributed by atoms with E-state index in [-0.39, 0.29) is 24.0 Å². The van der Waals surface area contributed by atoms with E-state index in [4.69, 9.17) is 0 Å². The molecule has 2 saturated heterocycles. The van der Waals surface area contributed by atoms with Crippen LogP contribution in [0.5, 0.6) is 0 Å². The van der Waals surface area contributed by atoms with Gasteiger partial charge in [-0.1, -0.05) is 6.07 Å². The van der Waals surface area contributed by atoms with Crippen LogP contribution in [0.25, 0.3) is 0 Å². The lowest BCUT2D eigenvalue weighted by Crippen LogP contribution is -2.54. The number of imide groups is 2. The summed E-state index contributed by atoms with van der Waals surface area (Å²) in [7, 11) is 0. The van der Waals surface area contributed by atoms with Crippen LogP contribution in [0.3, 0.4) is 0 Å². The number of carbonyl (C=O) groups excluding carboxylic acids is 4. The fourth-order valence-electron chi connectivity index (χ4n) is 4.36. The quantitative estimate of drug-likeness (QED) is 0.486. The monoisotopic (exact) mass is 414 g/mol. The minimum absolute atomic E-state index is 0.0947. The summed E-state index contributed by atoms with van der Waals surface area (Å²) >= 11 is 0. The molecule has 1 aromatic rings. The summed E-state index contributed by atoms with van der Waals surface area (Å²) in [5.41, 5.74) is 0.591. The van der Waals surface area contributed by atoms with E-state index < -0.39 is 35.3 Å². The van der Waals surface area contributed by atoms with E-state index in [1.54, 1.807) is 18.2 Å². The van der Waals surface area contributed by atoms with Crippen molar-refractivity contribution < 1.29 is 24.3 Å². The fourth-order valence-corrected chi connectivity index (χ4v) is 4.36. The molecule has 3 aliphatic heterocycles. The van der Waals surface area contributed by atoms with Gasteiger partial charge in [0.05, 0.1) is 16.7 Å². The van der Waals surface area contributed by atoms with Crippen molar-refractivity contribution in [3.63, 3.8) is 0 Å². The molecule has 2 atom stereocenters. The standard InChI is InChI=1S/C21H26N4O5/c26-17-5-4-16(18(27)24-17)25-19(28)14-3-2-13(10-15(14)20(25)29)11-23-12-21(30)6-1-8-22-9-7-21/h2-3,10,16,22-23,30H,1,4-9,11-12H2,(H,24,26,27). The number of benzene rings is 1. The Morgan fingerprint density at radius 3 is 2.70 bits per heavy atom. The Morgan fingerprint density at radius 2 is 1.90 bits per heavy atom. The predicted octanol–water partition coefficient (Wildman–Crippen LogP) is -0.318. The summed E-state index contributed by atoms with van der Waals surface area (Å²) in [6.45, 7) is 2.58. The van der Waals surface area contributed by atoms with E-state index in [9.17, 15) is 24.3 Å². The minimum Gasteiger partial charge on any atom is -0.389 e. The molecule has 160 valence electrons. The lowest BCUT2D eigenvalue weighted by Gasteiger charge is -2.27. The number of hydrogen-bond donors (Lipinski definition) is 4. The molecule has 3 heterocycles. The number of fused-ring (bicyclic) bond motifs is 1. The average Bonchev–Trinajstić information content (AvgIpc) is 2.85. The van der Waals surface area contributed by atoms with Gasteiger partial charge in [0.15, 0.2) is 0 Å². The second-order valence-electron chi connectivity index (χ2n) is 8.26. The van der Waals surface area contributed by atoms with Crippen molar-refractivity contribution in [1.82, 2.24) is 20.9 Å². The van der Waals surface area contributed by atoms with Gasteiger partial charge in [-0.25, -0.2) is 0 Å². The third-order valence-electron chi connectivity index (χ3n) is 6.05. The molecule has 0 saturated carbocycles. The van der Waals surface area contributed by atoms with Gasteiger partial charge in [0, 0.05) is 19.5 Å². The van der Waals surface area contributed by atoms with Crippen LogP contribution in [0.4, 0.5) is 0 Å². The summed E-state index contributed by atoms with van der Waals surface area (Å²) in [5.74, 6) is -2.04. The normalized spacial score (nSPS) is 27.1. The van der Waals surface area contributed by atoms with Crippen molar-refractivity contribution in [2.75, 3.05) is 19.6 Å². The molecule has 30 heavy (non-hydrogen) atoms. The number of carbonyl (C=O) groups is 4. The van der Waals surface area contributed by atoms with Crippen LogP contribution < -0.4 is 16.0 Å². The van der Waals surface area contributed by atoms with Crippen LogP contribution >= 0.6 is 0 Å². The van der Waals surface area contributed by atoms with Gasteiger partial charge in [-0.3, -0.25) is 29.4 Å². The van der Waals surface area contributed by atoms with Crippen molar-refractivity contribution in [3.8, 4) is 0 Å². The van der Waals surface area contributed by atoms with Gasteiger partial charge in [0.2, 0.25) is 11.8 Å². The first-order chi connectivity index (χ1) is 14.4. The highest BCUT2D eigenvalue weighted by molar-refractivity contribution is 6.23. The largest absolute Gasteiger partial charge is 0.389 e. The van der Waals surface area contributed by atoms with Gasteiger partial charge in [-0.15, -0.1) is 0 Å². The van der Waals surface area contributed by atoms with Gasteiger partial charge in [0.25, 0.3) is 11.8 Å². The molecule has 9 heteroatoms. The topological polar surface area (TPSA) is 128 Å². The Hall–Kier alpha value is -2.62. The number of nitrogens with zero attached hydrogens (tertiary/aromatic N) is 1. The van der Waals surface area contributed by atoms with Gasteiger partial charge in [-0.2, -0.15) is 0 Å². The molecule has 4 rings (SSSR count). The van der Waals surface area contributed by atoms with Crippen LogP contribution in [0, 0.1) is 0 Å². The summed E-state index contributed by atoms with van der Waals surface area (Å²) in [5, 5.41) is 19.4. The van der Waals surface area contributed by atoms with Gasteiger partial charge >= 0.3 is 0 Å². The molecule has 4 N–H and O–H groups in total. The maximum atomic E-state index is 12.9. The maximum absolute atomic E-state index is 12.9. The van der Waals surface area contributed by atoms with E-state index in [2.05, 4.69) is 16.0 Å².